The van der Waals surface area contributed by atoms with E-state index in [1.54, 1.807) is 20.1 Å². The van der Waals surface area contributed by atoms with Gasteiger partial charge < -0.3 is 10.1 Å². The summed E-state index contributed by atoms with van der Waals surface area (Å²) in [7, 11) is 1.57. The standard InChI is InChI=1S/C22H18F2N4O2/c1-12-9-19(25-21-15(12)5-4-6-18(21)30-3)28-20(10-13(2)27-28)26-22(29)16-11-14(23)7-8-17(16)24/h4-11H,1-3H3,(H,26,29). The number of pyridine rings is 1. The summed E-state index contributed by atoms with van der Waals surface area (Å²) >= 11 is 0. The lowest BCUT2D eigenvalue weighted by molar-refractivity contribution is 0.102. The fourth-order valence-electron chi connectivity index (χ4n) is 3.27. The van der Waals surface area contributed by atoms with Gasteiger partial charge in [0.1, 0.15) is 28.7 Å². The number of hydrogen-bond acceptors (Lipinski definition) is 4. The third-order valence-corrected chi connectivity index (χ3v) is 4.68. The molecule has 4 aromatic rings. The van der Waals surface area contributed by atoms with E-state index in [1.807, 2.05) is 31.2 Å². The van der Waals surface area contributed by atoms with Crippen LogP contribution in [-0.4, -0.2) is 27.8 Å². The fraction of sp³-hybridized carbons (Fsp3) is 0.136. The lowest BCUT2D eigenvalue weighted by Gasteiger charge is -2.12. The van der Waals surface area contributed by atoms with Crippen molar-refractivity contribution in [2.24, 2.45) is 0 Å². The van der Waals surface area contributed by atoms with Crippen molar-refractivity contribution in [2.45, 2.75) is 13.8 Å². The Morgan fingerprint density at radius 2 is 1.90 bits per heavy atom. The van der Waals surface area contributed by atoms with Gasteiger partial charge in [-0.3, -0.25) is 4.79 Å². The third kappa shape index (κ3) is 3.47. The number of halogens is 2. The van der Waals surface area contributed by atoms with Crippen molar-refractivity contribution in [1.29, 1.82) is 0 Å². The van der Waals surface area contributed by atoms with E-state index >= 15 is 0 Å². The number of ether oxygens (including phenoxy) is 1. The van der Waals surface area contributed by atoms with Gasteiger partial charge in [-0.1, -0.05) is 12.1 Å². The van der Waals surface area contributed by atoms with Crippen LogP contribution in [0.15, 0.2) is 48.5 Å². The number of nitrogens with one attached hydrogen (secondary N) is 1. The van der Waals surface area contributed by atoms with E-state index in [2.05, 4.69) is 15.4 Å². The van der Waals surface area contributed by atoms with Crippen LogP contribution in [0.25, 0.3) is 16.7 Å². The van der Waals surface area contributed by atoms with Gasteiger partial charge in [0.05, 0.1) is 18.4 Å². The largest absolute Gasteiger partial charge is 0.494 e. The van der Waals surface area contributed by atoms with Gasteiger partial charge in [0.25, 0.3) is 5.91 Å². The Balaban J connectivity index is 1.79. The van der Waals surface area contributed by atoms with Crippen LogP contribution < -0.4 is 10.1 Å². The summed E-state index contributed by atoms with van der Waals surface area (Å²) < 4.78 is 34.3. The summed E-state index contributed by atoms with van der Waals surface area (Å²) in [6.07, 6.45) is 0. The molecule has 2 aromatic carbocycles. The number of carbonyl (C=O) groups excluding carboxylic acids is 1. The van der Waals surface area contributed by atoms with E-state index in [-0.39, 0.29) is 5.82 Å². The number of aryl methyl sites for hydroxylation is 2. The number of hydrogen-bond donors (Lipinski definition) is 1. The number of carbonyl (C=O) groups is 1. The number of anilines is 1. The highest BCUT2D eigenvalue weighted by molar-refractivity contribution is 6.04. The van der Waals surface area contributed by atoms with Gasteiger partial charge in [0.15, 0.2) is 5.82 Å². The summed E-state index contributed by atoms with van der Waals surface area (Å²) in [5.41, 5.74) is 1.81. The lowest BCUT2D eigenvalue weighted by atomic mass is 10.1. The quantitative estimate of drug-likeness (QED) is 0.537. The molecule has 4 rings (SSSR count). The smallest absolute Gasteiger partial charge is 0.259 e. The number of nitrogens with zero attached hydrogens (tertiary/aromatic N) is 3. The van der Waals surface area contributed by atoms with E-state index in [1.165, 1.54) is 4.68 Å². The second-order valence-electron chi connectivity index (χ2n) is 6.81. The summed E-state index contributed by atoms with van der Waals surface area (Å²) in [6, 6.07) is 11.8. The number of methoxy groups -OCH3 is 1. The van der Waals surface area contributed by atoms with E-state index in [9.17, 15) is 13.6 Å². The molecule has 2 heterocycles. The maximum Gasteiger partial charge on any atom is 0.259 e. The first-order chi connectivity index (χ1) is 14.4. The molecule has 1 N–H and O–H groups in total. The topological polar surface area (TPSA) is 69.0 Å². The number of para-hydroxylation sites is 1. The first-order valence-electron chi connectivity index (χ1n) is 9.15. The van der Waals surface area contributed by atoms with Crippen molar-refractivity contribution in [1.82, 2.24) is 14.8 Å². The first-order valence-corrected chi connectivity index (χ1v) is 9.15. The number of benzene rings is 2. The van der Waals surface area contributed by atoms with Gasteiger partial charge in [-0.15, -0.1) is 0 Å². The van der Waals surface area contributed by atoms with Crippen LogP contribution in [0.4, 0.5) is 14.6 Å². The second kappa shape index (κ2) is 7.55. The summed E-state index contributed by atoms with van der Waals surface area (Å²) in [5.74, 6) is -0.974. The molecule has 0 unspecified atom stereocenters. The molecule has 0 bridgehead atoms. The van der Waals surface area contributed by atoms with Crippen molar-refractivity contribution in [2.75, 3.05) is 12.4 Å². The number of rotatable bonds is 4. The van der Waals surface area contributed by atoms with Crippen LogP contribution >= 0.6 is 0 Å². The molecule has 0 saturated heterocycles. The van der Waals surface area contributed by atoms with Crippen molar-refractivity contribution >= 4 is 22.6 Å². The van der Waals surface area contributed by atoms with Crippen molar-refractivity contribution in [3.63, 3.8) is 0 Å². The van der Waals surface area contributed by atoms with Crippen LogP contribution in [0, 0.1) is 25.5 Å². The zero-order valence-corrected chi connectivity index (χ0v) is 16.5. The molecule has 0 aliphatic heterocycles. The van der Waals surface area contributed by atoms with Crippen LogP contribution in [-0.2, 0) is 0 Å². The third-order valence-electron chi connectivity index (χ3n) is 4.68. The molecule has 0 radical (unpaired) electrons. The molecule has 30 heavy (non-hydrogen) atoms. The monoisotopic (exact) mass is 408 g/mol. The van der Waals surface area contributed by atoms with Crippen molar-refractivity contribution in [3.05, 3.63) is 77.0 Å². The molecule has 8 heteroatoms. The van der Waals surface area contributed by atoms with Crippen LogP contribution in [0.1, 0.15) is 21.6 Å². The molecule has 2 aromatic heterocycles. The van der Waals surface area contributed by atoms with Crippen LogP contribution in [0.2, 0.25) is 0 Å². The first kappa shape index (κ1) is 19.5. The molecule has 0 saturated carbocycles. The van der Waals surface area contributed by atoms with E-state index in [4.69, 9.17) is 4.74 Å². The molecule has 1 amide bonds. The number of aromatic nitrogens is 3. The lowest BCUT2D eigenvalue weighted by Crippen LogP contribution is -2.17. The molecule has 6 nitrogen and oxygen atoms in total. The second-order valence-corrected chi connectivity index (χ2v) is 6.81. The highest BCUT2D eigenvalue weighted by Gasteiger charge is 2.18. The minimum atomic E-state index is -0.818. The molecule has 0 aliphatic rings. The molecule has 0 spiro atoms. The van der Waals surface area contributed by atoms with Crippen LogP contribution in [0.3, 0.4) is 0 Å². The van der Waals surface area contributed by atoms with E-state index in [0.29, 0.717) is 22.8 Å². The summed E-state index contributed by atoms with van der Waals surface area (Å²) in [5, 5.41) is 7.92. The van der Waals surface area contributed by atoms with Gasteiger partial charge in [-0.25, -0.2) is 13.8 Å². The van der Waals surface area contributed by atoms with Gasteiger partial charge in [0, 0.05) is 11.5 Å². The zero-order chi connectivity index (χ0) is 21.4. The minimum absolute atomic E-state index is 0.280. The van der Waals surface area contributed by atoms with Gasteiger partial charge >= 0.3 is 0 Å². The van der Waals surface area contributed by atoms with Crippen LogP contribution in [0.5, 0.6) is 5.75 Å². The van der Waals surface area contributed by atoms with Crippen molar-refractivity contribution < 1.29 is 18.3 Å². The molecule has 152 valence electrons. The normalized spacial score (nSPS) is 11.0. The Morgan fingerprint density at radius 3 is 2.67 bits per heavy atom. The number of amides is 1. The SMILES string of the molecule is COc1cccc2c(C)cc(-n3nc(C)cc3NC(=O)c3cc(F)ccc3F)nc12. The minimum Gasteiger partial charge on any atom is -0.494 e. The van der Waals surface area contributed by atoms with Gasteiger partial charge in [0.2, 0.25) is 0 Å². The van der Waals surface area contributed by atoms with E-state index in [0.717, 1.165) is 29.1 Å². The Hall–Kier alpha value is -3.81. The Kier molecular flexibility index (Phi) is 4.91. The molecular formula is C22H18F2N4O2. The predicted molar refractivity (Wildman–Crippen MR) is 109 cm³/mol. The zero-order valence-electron chi connectivity index (χ0n) is 16.5. The fourth-order valence-corrected chi connectivity index (χ4v) is 3.27. The average molecular weight is 408 g/mol. The van der Waals surface area contributed by atoms with E-state index < -0.39 is 23.1 Å². The highest BCUT2D eigenvalue weighted by atomic mass is 19.1. The Morgan fingerprint density at radius 1 is 1.10 bits per heavy atom. The van der Waals surface area contributed by atoms with Crippen molar-refractivity contribution in [3.8, 4) is 11.6 Å². The molecule has 0 aliphatic carbocycles. The molecule has 0 fully saturated rings. The highest BCUT2D eigenvalue weighted by Crippen LogP contribution is 2.28. The maximum atomic E-state index is 14.0. The average Bonchev–Trinajstić information content (AvgIpc) is 3.09. The summed E-state index contributed by atoms with van der Waals surface area (Å²) in [6.45, 7) is 3.69. The summed E-state index contributed by atoms with van der Waals surface area (Å²) in [4.78, 5) is 17.2. The van der Waals surface area contributed by atoms with Gasteiger partial charge in [-0.05, 0) is 49.7 Å². The molecular weight excluding hydrogens is 390 g/mol. The Labute approximate surface area is 171 Å². The maximum absolute atomic E-state index is 14.0. The van der Waals surface area contributed by atoms with Gasteiger partial charge in [-0.2, -0.15) is 9.78 Å². The number of fused-ring (bicyclic) bond motifs is 1. The molecule has 0 atom stereocenters. The predicted octanol–water partition coefficient (Wildman–Crippen LogP) is 4.58. The Bertz CT molecular complexity index is 1280.